The fourth-order valence-electron chi connectivity index (χ4n) is 16.4. The SMILES string of the molecule is CC[C@H]1O[C@@H](n2cc(C)c(N)nc2=O)C[C@H]1OP([O-])(=S)OC[C@H]1O[C@@H](n2cnc3c(N)ncnc32)C[C@H]1OP(=O)([S-])OC[C@H]1O[C@@H](n2cc(C)c(=O)[nH]c2=O)C[C@H]1OP([O-])(=S)OC[C@H]1O[C@@H](n2cc(C)c(=O)[nH]c2=O)C[C@H]1OP([O-])(=S)OC[C@H]1O[C@@H](n2cc(C)c(=O)[nH]c2=O)C[C@H]1OP([O-])(=S)OC[C@H]1O[C@@H](n2cc(C)c(N)nc2=O)C[C@H]1OP([O-])(=S)OC[C@H]1O[C@@H](n2cc(C)c(=O)[nH]c2=O)C[C@H]1OP([O-])(=S)OC. The largest absolute Gasteiger partial charge is 0.780 e. The van der Waals surface area contributed by atoms with Crippen molar-refractivity contribution in [2.45, 2.75) is 229 Å². The highest BCUT2D eigenvalue weighted by Gasteiger charge is 2.49. The maximum absolute atomic E-state index is 14.9. The number of H-pyrrole nitrogens is 4. The van der Waals surface area contributed by atoms with E-state index < -0.39 is 298 Å². The second-order valence-electron chi connectivity index (χ2n) is 33.6. The molecule has 28 atom stereocenters. The van der Waals surface area contributed by atoms with E-state index in [4.69, 9.17) is 197 Å². The fraction of sp³-hybridized carbons (Fsp3) is 0.597. The number of nitrogens with two attached hydrogens (primary N) is 3. The molecule has 0 bridgehead atoms. The lowest BCUT2D eigenvalue weighted by atomic mass is 10.1. The fourth-order valence-corrected chi connectivity index (χ4v) is 26.1. The van der Waals surface area contributed by atoms with E-state index >= 15 is 0 Å². The first-order chi connectivity index (χ1) is 67.1. The van der Waals surface area contributed by atoms with Crippen LogP contribution in [0.4, 0.5) is 17.5 Å². The predicted octanol–water partition coefficient (Wildman–Crippen LogP) is -2.83. The molecule has 0 saturated carbocycles. The second kappa shape index (κ2) is 44.8. The number of aromatic amines is 4. The third kappa shape index (κ3) is 26.9. The Morgan fingerprint density at radius 1 is 0.364 bits per heavy atom. The van der Waals surface area contributed by atoms with E-state index in [2.05, 4.69) is 44.9 Å². The number of nitrogens with one attached hydrogen (secondary N) is 4. The normalized spacial score (nSPS) is 29.7. The van der Waals surface area contributed by atoms with E-state index in [0.717, 1.165) is 54.9 Å². The Morgan fingerprint density at radius 2 is 0.615 bits per heavy atom. The van der Waals surface area contributed by atoms with E-state index in [1.54, 1.807) is 13.8 Å². The Kier molecular flexibility index (Phi) is 34.7. The molecule has 15 heterocycles. The maximum Gasteiger partial charge on any atom is 0.351 e. The van der Waals surface area contributed by atoms with Gasteiger partial charge in [0, 0.05) is 123 Å². The van der Waals surface area contributed by atoms with Crippen molar-refractivity contribution in [2.75, 3.05) is 64.0 Å². The summed E-state index contributed by atoms with van der Waals surface area (Å²) in [6.45, 7) is -28.7. The molecule has 8 aromatic heterocycles. The van der Waals surface area contributed by atoms with Crippen LogP contribution < -0.4 is 103 Å². The van der Waals surface area contributed by atoms with Crippen molar-refractivity contribution in [2.24, 2.45) is 0 Å². The molecular weight excluding hydrogens is 2180 g/mol. The Hall–Kier alpha value is -6.17. The molecule has 143 heavy (non-hydrogen) atoms. The van der Waals surface area contributed by atoms with Gasteiger partial charge in [-0.15, -0.1) is 0 Å². The summed E-state index contributed by atoms with van der Waals surface area (Å²) in [6.07, 6.45) is -21.7. The molecular formula is C72H91N19O38P7S7-7. The number of nitrogen functional groups attached to an aromatic ring is 3. The van der Waals surface area contributed by atoms with E-state index in [-0.39, 0.29) is 75.7 Å². The van der Waals surface area contributed by atoms with Crippen LogP contribution in [0.2, 0.25) is 0 Å². The van der Waals surface area contributed by atoms with Gasteiger partial charge in [0.05, 0.1) is 94.8 Å². The Morgan fingerprint density at radius 3 is 0.909 bits per heavy atom. The van der Waals surface area contributed by atoms with Crippen molar-refractivity contribution in [1.82, 2.24) is 76.8 Å². The first-order valence-electron chi connectivity index (χ1n) is 43.0. The minimum atomic E-state index is -5.10. The van der Waals surface area contributed by atoms with Crippen LogP contribution in [0.5, 0.6) is 0 Å². The van der Waals surface area contributed by atoms with Gasteiger partial charge in [-0.05, 0) is 48.0 Å². The smallest absolute Gasteiger partial charge is 0.351 e. The number of aryl methyl sites for hydroxylation is 6. The maximum atomic E-state index is 14.9. The van der Waals surface area contributed by atoms with Gasteiger partial charge in [-0.1, -0.05) is 77.8 Å². The van der Waals surface area contributed by atoms with Crippen LogP contribution in [0.25, 0.3) is 11.2 Å². The Bertz CT molecular complexity index is 7180. The Labute approximate surface area is 841 Å². The van der Waals surface area contributed by atoms with Crippen molar-refractivity contribution in [3.63, 3.8) is 0 Å². The molecule has 0 aromatic carbocycles. The highest BCUT2D eigenvalue weighted by Crippen LogP contribution is 2.57. The predicted molar refractivity (Wildman–Crippen MR) is 507 cm³/mol. The number of hydrogen-bond acceptors (Lipinski definition) is 53. The molecule has 7 fully saturated rings. The summed E-state index contributed by atoms with van der Waals surface area (Å²) in [5.74, 6) is -0.141. The van der Waals surface area contributed by atoms with Crippen LogP contribution in [-0.2, 0) is 184 Å². The van der Waals surface area contributed by atoms with Crippen LogP contribution in [0, 0.1) is 41.5 Å². The van der Waals surface area contributed by atoms with Gasteiger partial charge < -0.3 is 155 Å². The van der Waals surface area contributed by atoms with Crippen LogP contribution >= 0.6 is 47.1 Å². The van der Waals surface area contributed by atoms with E-state index in [1.165, 1.54) is 68.7 Å². The molecule has 0 aliphatic carbocycles. The van der Waals surface area contributed by atoms with Crippen LogP contribution in [0.15, 0.2) is 97.8 Å². The summed E-state index contributed by atoms with van der Waals surface area (Å²) in [6, 6.07) is 0. The molecule has 7 aliphatic heterocycles. The Balaban J connectivity index is 0.633. The first-order valence-corrected chi connectivity index (χ1v) is 60.9. The molecule has 8 aromatic rings. The van der Waals surface area contributed by atoms with Crippen LogP contribution in [0.3, 0.4) is 0 Å². The van der Waals surface area contributed by atoms with Gasteiger partial charge in [0.2, 0.25) is 0 Å². The van der Waals surface area contributed by atoms with E-state index in [1.807, 2.05) is 0 Å². The van der Waals surface area contributed by atoms with Gasteiger partial charge in [-0.3, -0.25) is 75.6 Å². The summed E-state index contributed by atoms with van der Waals surface area (Å²) in [5.41, 5.74) is 10.4. The van der Waals surface area contributed by atoms with Crippen LogP contribution in [-0.4, -0.2) is 209 Å². The van der Waals surface area contributed by atoms with Crippen molar-refractivity contribution < 1.29 is 130 Å². The lowest BCUT2D eigenvalue weighted by Crippen LogP contribution is -2.35. The minimum absolute atomic E-state index is 0.00144. The van der Waals surface area contributed by atoms with Crippen molar-refractivity contribution >= 4 is 159 Å². The third-order valence-corrected chi connectivity index (χ3v) is 34.7. The average Bonchev–Trinajstić information content (AvgIpc) is 1.61. The average molecular weight is 2270 g/mol. The highest BCUT2D eigenvalue weighted by atomic mass is 32.7. The van der Waals surface area contributed by atoms with Gasteiger partial charge in [-0.25, -0.2) is 43.7 Å². The molecule has 71 heteroatoms. The lowest BCUT2D eigenvalue weighted by molar-refractivity contribution is -0.221. The number of nitrogens with zero attached hydrogens (tertiary/aromatic N) is 12. The zero-order valence-corrected chi connectivity index (χ0v) is 87.7. The number of fused-ring (bicyclic) bond motifs is 1. The van der Waals surface area contributed by atoms with Crippen molar-refractivity contribution in [3.05, 3.63) is 188 Å². The minimum Gasteiger partial charge on any atom is -0.780 e. The molecule has 7 unspecified atom stereocenters. The van der Waals surface area contributed by atoms with Gasteiger partial charge in [0.25, 0.3) is 22.2 Å². The highest BCUT2D eigenvalue weighted by molar-refractivity contribution is 8.32. The van der Waals surface area contributed by atoms with Gasteiger partial charge in [0.15, 0.2) is 18.3 Å². The molecule has 10 N–H and O–H groups in total. The van der Waals surface area contributed by atoms with E-state index in [9.17, 15) is 81.9 Å². The van der Waals surface area contributed by atoms with Gasteiger partial charge >= 0.3 is 34.1 Å². The summed E-state index contributed by atoms with van der Waals surface area (Å²) >= 11 is 37.7. The monoisotopic (exact) mass is 2270 g/mol. The number of ether oxygens (including phenoxy) is 7. The zero-order chi connectivity index (χ0) is 104. The third-order valence-electron chi connectivity index (χ3n) is 23.6. The molecule has 7 saturated heterocycles. The number of rotatable bonds is 41. The topological polar surface area (TPSA) is 760 Å². The summed E-state index contributed by atoms with van der Waals surface area (Å²) in [4.78, 5) is 245. The quantitative estimate of drug-likeness (QED) is 0.0150. The molecule has 57 nitrogen and oxygen atoms in total. The summed E-state index contributed by atoms with van der Waals surface area (Å²) in [5, 5.41) is 0. The number of anilines is 3. The van der Waals surface area contributed by atoms with Crippen molar-refractivity contribution in [3.8, 4) is 0 Å². The van der Waals surface area contributed by atoms with Gasteiger partial charge in [-0.2, -0.15) is 9.97 Å². The molecule has 0 radical (unpaired) electrons. The molecule has 786 valence electrons. The molecule has 7 aliphatic rings. The standard InChI is InChI=1S/C72H98N19O38P7S7/c1-9-37-38(10-51(116-37)85-17-31(2)59(73)79-67(85)96)124-131(103,138)110-28-50-44(16-57(122-50)91-30-78-58-61(75)76-29-77-62(58)91)129-136(108,143)115-27-49-43(15-56(121-49)90-22-36(7)66(95)84-72(90)101)128-135(107,142)114-26-48-42(14-55(120-48)89-21-35(6)65(94)83-71(89)100)127-134(106,141)113-25-47-41(13-54(119-47)88-20-34(5)64(93)82-70(88)99)126-133(105,140)112-24-46-40(12-52(118-46)86-18-32(3)60(74)80-68(86)97)125-132(104,139)111-23-45-39(123-130(102,137)109-8)11-53(117-45)87-19-33(4)63(92)81-69(87)98/h17-22,29-30,37-57H,9-16,23-28H2,1-8H3,(H,102,137)(H,103,138)(H,104,139)(H,105,140)(H,106,141)(H,107,142)(H,108,143)(H2,73,79,96)(H2,74,80,97)(H2,75,76,77)(H,81,92,98)(H,82,93,99)(H,83,94,100)(H,84,95,101)/p-7/t37-,38-,39-,40-,41-,42-,43-,44-,45-,46-,47-,48-,49-,50-,51-,52-,53-,54-,55-,56-,57-,130?,131?,132?,133?,134?,135?,136?/m1/s1. The van der Waals surface area contributed by atoms with Crippen LogP contribution in [0.1, 0.15) is 135 Å². The number of aromatic nitrogens is 16. The lowest BCUT2D eigenvalue weighted by Gasteiger charge is -2.36. The van der Waals surface area contributed by atoms with E-state index in [0.29, 0.717) is 12.0 Å². The summed E-state index contributed by atoms with van der Waals surface area (Å²) in [7, 11) is 1.01. The molecule has 15 rings (SSSR count). The zero-order valence-electron chi connectivity index (χ0n) is 75.7. The van der Waals surface area contributed by atoms with Gasteiger partial charge in [0.1, 0.15) is 144 Å². The molecule has 0 spiro atoms. The second-order valence-corrected chi connectivity index (χ2v) is 52.6. The number of imidazole rings is 1. The van der Waals surface area contributed by atoms with Crippen molar-refractivity contribution in [1.29, 1.82) is 0 Å². The first kappa shape index (κ1) is 111. The number of hydrogen-bond donors (Lipinski definition) is 7. The molecule has 0 amide bonds. The summed E-state index contributed by atoms with van der Waals surface area (Å²) < 4.78 is 147.